The van der Waals surface area contributed by atoms with Crippen molar-refractivity contribution in [3.05, 3.63) is 141 Å². The Bertz CT molecular complexity index is 2200. The molecular formula is C37H33Cl2FN6O2. The van der Waals surface area contributed by atoms with E-state index in [1.165, 1.54) is 23.3 Å². The first kappa shape index (κ1) is 31.8. The Kier molecular flexibility index (Phi) is 8.43. The lowest BCUT2D eigenvalue weighted by molar-refractivity contribution is 0.0650. The van der Waals surface area contributed by atoms with Gasteiger partial charge in [0.1, 0.15) is 5.82 Å². The van der Waals surface area contributed by atoms with Crippen LogP contribution < -0.4 is 0 Å². The highest BCUT2D eigenvalue weighted by atomic mass is 35.5. The molecule has 2 aliphatic heterocycles. The molecule has 2 amide bonds. The number of carbonyl (C=O) groups excluding carboxylic acids is 2. The fraction of sp³-hybridized carbons (Fsp3) is 0.243. The second-order valence-electron chi connectivity index (χ2n) is 12.4. The molecule has 0 bridgehead atoms. The number of benzene rings is 2. The number of fused-ring (bicyclic) bond motifs is 4. The number of hydrogen-bond acceptors (Lipinski definition) is 4. The van der Waals surface area contributed by atoms with Crippen molar-refractivity contribution in [2.75, 3.05) is 13.1 Å². The van der Waals surface area contributed by atoms with Gasteiger partial charge in [0.05, 0.1) is 33.2 Å². The first-order valence-corrected chi connectivity index (χ1v) is 16.6. The van der Waals surface area contributed by atoms with Crippen molar-refractivity contribution in [3.63, 3.8) is 0 Å². The Morgan fingerprint density at radius 1 is 0.708 bits per heavy atom. The number of pyridine rings is 2. The molecule has 2 aliphatic rings. The zero-order chi connectivity index (χ0) is 33.7. The minimum absolute atomic E-state index is 0.0383. The predicted molar refractivity (Wildman–Crippen MR) is 184 cm³/mol. The summed E-state index contributed by atoms with van der Waals surface area (Å²) in [6.45, 7) is 7.45. The normalized spacial score (nSPS) is 18.7. The van der Waals surface area contributed by atoms with Crippen LogP contribution in [0.15, 0.2) is 91.3 Å². The van der Waals surface area contributed by atoms with Gasteiger partial charge in [-0.3, -0.25) is 9.59 Å². The minimum atomic E-state index is -0.280. The fourth-order valence-electron chi connectivity index (χ4n) is 6.81. The molecule has 0 radical (unpaired) electrons. The lowest BCUT2D eigenvalue weighted by Crippen LogP contribution is -2.40. The van der Waals surface area contributed by atoms with E-state index in [-0.39, 0.29) is 29.7 Å². The second-order valence-corrected chi connectivity index (χ2v) is 13.3. The molecule has 4 aromatic heterocycles. The first-order valence-electron chi connectivity index (χ1n) is 15.9. The predicted octanol–water partition coefficient (Wildman–Crippen LogP) is 8.19. The Morgan fingerprint density at radius 3 is 1.90 bits per heavy atom. The zero-order valence-corrected chi connectivity index (χ0v) is 28.2. The lowest BCUT2D eigenvalue weighted by atomic mass is 9.86. The number of halogens is 3. The van der Waals surface area contributed by atoms with Gasteiger partial charge in [-0.2, -0.15) is 10.2 Å². The highest BCUT2D eigenvalue weighted by molar-refractivity contribution is 6.30. The number of aromatic nitrogens is 4. The SMILES string of the molecule is CC1CN(C(=O)c2cc3ccc(Cl)cn3n2)C(C)c2ccccc21.CC1c2cc(F)ccc2CCN1C(=O)c1cc2ccc(Cl)cn2n1. The van der Waals surface area contributed by atoms with Crippen molar-refractivity contribution in [2.24, 2.45) is 0 Å². The molecule has 0 aliphatic carbocycles. The summed E-state index contributed by atoms with van der Waals surface area (Å²) in [4.78, 5) is 29.6. The highest BCUT2D eigenvalue weighted by Crippen LogP contribution is 2.36. The van der Waals surface area contributed by atoms with Crippen LogP contribution in [-0.4, -0.2) is 53.9 Å². The molecule has 6 aromatic rings. The summed E-state index contributed by atoms with van der Waals surface area (Å²) in [5, 5.41) is 9.88. The maximum atomic E-state index is 13.6. The van der Waals surface area contributed by atoms with E-state index in [1.54, 1.807) is 50.6 Å². The summed E-state index contributed by atoms with van der Waals surface area (Å²) in [6, 6.07) is 23.8. The summed E-state index contributed by atoms with van der Waals surface area (Å²) in [6.07, 6.45) is 4.09. The van der Waals surface area contributed by atoms with Gasteiger partial charge in [-0.25, -0.2) is 13.4 Å². The van der Waals surface area contributed by atoms with Gasteiger partial charge in [0, 0.05) is 25.5 Å². The van der Waals surface area contributed by atoms with Crippen LogP contribution in [0.3, 0.4) is 0 Å². The fourth-order valence-corrected chi connectivity index (χ4v) is 7.12. The number of nitrogens with zero attached hydrogens (tertiary/aromatic N) is 6. The average Bonchev–Trinajstić information content (AvgIpc) is 3.70. The molecule has 8 rings (SSSR count). The van der Waals surface area contributed by atoms with Crippen molar-refractivity contribution in [1.29, 1.82) is 0 Å². The van der Waals surface area contributed by atoms with Crippen LogP contribution in [0.4, 0.5) is 4.39 Å². The average molecular weight is 684 g/mol. The van der Waals surface area contributed by atoms with Crippen molar-refractivity contribution < 1.29 is 14.0 Å². The molecule has 8 nitrogen and oxygen atoms in total. The minimum Gasteiger partial charge on any atom is -0.330 e. The van der Waals surface area contributed by atoms with Gasteiger partial charge >= 0.3 is 0 Å². The topological polar surface area (TPSA) is 75.2 Å². The Labute approximate surface area is 287 Å². The van der Waals surface area contributed by atoms with E-state index in [1.807, 2.05) is 36.1 Å². The maximum Gasteiger partial charge on any atom is 0.274 e. The van der Waals surface area contributed by atoms with Crippen molar-refractivity contribution in [3.8, 4) is 0 Å². The maximum absolute atomic E-state index is 13.6. The summed E-state index contributed by atoms with van der Waals surface area (Å²) in [5.41, 5.74) is 6.99. The second kappa shape index (κ2) is 12.7. The van der Waals surface area contributed by atoms with Crippen molar-refractivity contribution >= 4 is 46.0 Å². The van der Waals surface area contributed by atoms with Crippen LogP contribution in [0.25, 0.3) is 11.0 Å². The van der Waals surface area contributed by atoms with E-state index >= 15 is 0 Å². The van der Waals surface area contributed by atoms with Crippen LogP contribution in [-0.2, 0) is 6.42 Å². The van der Waals surface area contributed by atoms with Crippen LogP contribution in [0.2, 0.25) is 10.0 Å². The van der Waals surface area contributed by atoms with Crippen LogP contribution >= 0.6 is 23.2 Å². The third-order valence-electron chi connectivity index (χ3n) is 9.37. The molecule has 2 aromatic carbocycles. The smallest absolute Gasteiger partial charge is 0.274 e. The molecular weight excluding hydrogens is 650 g/mol. The molecule has 0 saturated heterocycles. The quantitative estimate of drug-likeness (QED) is 0.185. The Hall–Kier alpha value is -4.73. The number of hydrogen-bond donors (Lipinski definition) is 0. The van der Waals surface area contributed by atoms with Gasteiger partial charge in [0.15, 0.2) is 11.4 Å². The van der Waals surface area contributed by atoms with Crippen LogP contribution in [0, 0.1) is 5.82 Å². The number of amides is 2. The molecule has 0 saturated carbocycles. The molecule has 11 heteroatoms. The summed E-state index contributed by atoms with van der Waals surface area (Å²) < 4.78 is 16.8. The van der Waals surface area contributed by atoms with Gasteiger partial charge in [0.2, 0.25) is 0 Å². The molecule has 0 spiro atoms. The van der Waals surface area contributed by atoms with E-state index in [0.29, 0.717) is 46.9 Å². The van der Waals surface area contributed by atoms with E-state index in [0.717, 1.165) is 22.2 Å². The summed E-state index contributed by atoms with van der Waals surface area (Å²) in [5.74, 6) is -0.161. The van der Waals surface area contributed by atoms with E-state index in [2.05, 4.69) is 42.2 Å². The Morgan fingerprint density at radius 2 is 1.27 bits per heavy atom. The third kappa shape index (κ3) is 5.93. The standard InChI is InChI=1S/C19H18ClN3O.C18H15ClFN3O/c1-12-10-22(13(2)17-6-4-3-5-16(12)17)19(24)18-9-15-8-7-14(20)11-23(15)21-18;1-11-16-8-14(20)4-2-12(16)6-7-22(11)18(24)17-9-15-5-3-13(19)10-23(15)21-17/h3-9,11-13H,10H2,1-2H3;2-5,8-11H,6-7H2,1H3. The van der Waals surface area contributed by atoms with Crippen LogP contribution in [0.1, 0.15) is 82.0 Å². The highest BCUT2D eigenvalue weighted by Gasteiger charge is 2.33. The van der Waals surface area contributed by atoms with Gasteiger partial charge in [-0.1, -0.05) is 60.5 Å². The van der Waals surface area contributed by atoms with Gasteiger partial charge in [-0.15, -0.1) is 0 Å². The largest absolute Gasteiger partial charge is 0.330 e. The molecule has 48 heavy (non-hydrogen) atoms. The molecule has 0 N–H and O–H groups in total. The molecule has 244 valence electrons. The number of rotatable bonds is 2. The first-order chi connectivity index (χ1) is 23.1. The summed E-state index contributed by atoms with van der Waals surface area (Å²) in [7, 11) is 0. The summed E-state index contributed by atoms with van der Waals surface area (Å²) >= 11 is 12.0. The third-order valence-corrected chi connectivity index (χ3v) is 9.82. The van der Waals surface area contributed by atoms with Gasteiger partial charge in [0.25, 0.3) is 11.8 Å². The lowest BCUT2D eigenvalue weighted by Gasteiger charge is -2.38. The van der Waals surface area contributed by atoms with Gasteiger partial charge in [-0.05, 0) is 97.0 Å². The van der Waals surface area contributed by atoms with E-state index < -0.39 is 0 Å². The Balaban J connectivity index is 0.000000152. The molecule has 3 atom stereocenters. The molecule has 6 heterocycles. The van der Waals surface area contributed by atoms with Crippen molar-refractivity contribution in [2.45, 2.75) is 45.2 Å². The molecule has 3 unspecified atom stereocenters. The monoisotopic (exact) mass is 682 g/mol. The van der Waals surface area contributed by atoms with Gasteiger partial charge < -0.3 is 9.80 Å². The number of carbonyl (C=O) groups is 2. The van der Waals surface area contributed by atoms with E-state index in [9.17, 15) is 14.0 Å². The van der Waals surface area contributed by atoms with Crippen molar-refractivity contribution in [1.82, 2.24) is 29.0 Å². The van der Waals surface area contributed by atoms with E-state index in [4.69, 9.17) is 23.2 Å². The zero-order valence-electron chi connectivity index (χ0n) is 26.6. The van der Waals surface area contributed by atoms with Crippen LogP contribution in [0.5, 0.6) is 0 Å². The molecule has 0 fully saturated rings.